The van der Waals surface area contributed by atoms with Crippen molar-refractivity contribution in [3.05, 3.63) is 107 Å². The first-order chi connectivity index (χ1) is 18.1. The minimum absolute atomic E-state index is 0.101. The monoisotopic (exact) mass is 560 g/mol. The zero-order valence-corrected chi connectivity index (χ0v) is 25.4. The Morgan fingerprint density at radius 2 is 1.05 bits per heavy atom. The smallest absolute Gasteiger partial charge is 0.211 e. The topological polar surface area (TPSA) is 85.3 Å². The van der Waals surface area contributed by atoms with Crippen molar-refractivity contribution in [1.29, 1.82) is 0 Å². The molecule has 2 aromatic rings. The maximum Gasteiger partial charge on any atom is 0.211 e. The minimum atomic E-state index is -3.92. The Kier molecular flexibility index (Phi) is 7.04. The average Bonchev–Trinajstić information content (AvgIpc) is 3.20. The van der Waals surface area contributed by atoms with Gasteiger partial charge in [0, 0.05) is 17.2 Å². The summed E-state index contributed by atoms with van der Waals surface area (Å²) < 4.78 is 53.1. The molecule has 0 aromatic heterocycles. The normalized spacial score (nSPS) is 17.9. The lowest BCUT2D eigenvalue weighted by atomic mass is 9.91. The highest BCUT2D eigenvalue weighted by Gasteiger charge is 2.42. The average molecular weight is 561 g/mol. The second-order valence-electron chi connectivity index (χ2n) is 10.2. The van der Waals surface area contributed by atoms with E-state index < -0.39 is 25.5 Å². The Hall–Kier alpha value is -3.47. The third kappa shape index (κ3) is 4.09. The summed E-state index contributed by atoms with van der Waals surface area (Å²) in [6, 6.07) is 0. The van der Waals surface area contributed by atoms with Gasteiger partial charge in [0.25, 0.3) is 0 Å². The van der Waals surface area contributed by atoms with Crippen molar-refractivity contribution in [3.63, 3.8) is 0 Å². The Balaban J connectivity index is 1.67. The van der Waals surface area contributed by atoms with Gasteiger partial charge in [-0.1, -0.05) is 23.6 Å². The Morgan fingerprint density at radius 3 is 1.62 bits per heavy atom. The van der Waals surface area contributed by atoms with E-state index in [9.17, 15) is 21.6 Å². The van der Waals surface area contributed by atoms with E-state index >= 15 is 0 Å². The fourth-order valence-corrected chi connectivity index (χ4v) is 9.46. The first-order valence-corrected chi connectivity index (χ1v) is 15.6. The molecule has 0 unspecified atom stereocenters. The van der Waals surface area contributed by atoms with Crippen LogP contribution >= 0.6 is 0 Å². The molecule has 2 heterocycles. The molecule has 4 rings (SSSR count). The van der Waals surface area contributed by atoms with E-state index in [0.29, 0.717) is 21.6 Å². The molecule has 2 aromatic carbocycles. The van der Waals surface area contributed by atoms with Gasteiger partial charge in [0.05, 0.1) is 14.7 Å². The van der Waals surface area contributed by atoms with E-state index in [4.69, 9.17) is 0 Å². The van der Waals surface area contributed by atoms with Crippen LogP contribution in [0.1, 0.15) is 67.4 Å². The molecule has 5 nitrogen and oxygen atoms in total. The van der Waals surface area contributed by atoms with Crippen molar-refractivity contribution in [2.75, 3.05) is 0 Å². The van der Waals surface area contributed by atoms with Crippen LogP contribution in [0.5, 0.6) is 0 Å². The van der Waals surface area contributed by atoms with Crippen LogP contribution in [0.2, 0.25) is 0 Å². The number of rotatable bonds is 3. The van der Waals surface area contributed by atoms with Gasteiger partial charge in [-0.25, -0.2) is 16.8 Å². The van der Waals surface area contributed by atoms with Gasteiger partial charge in [-0.05, 0) is 125 Å². The predicted molar refractivity (Wildman–Crippen MR) is 155 cm³/mol. The van der Waals surface area contributed by atoms with Crippen LogP contribution in [0.3, 0.4) is 0 Å². The zero-order valence-electron chi connectivity index (χ0n) is 23.7. The fourth-order valence-electron chi connectivity index (χ4n) is 5.50. The predicted octanol–water partition coefficient (Wildman–Crippen LogP) is 6.65. The summed E-state index contributed by atoms with van der Waals surface area (Å²) in [5, 5.41) is 0. The van der Waals surface area contributed by atoms with Crippen molar-refractivity contribution in [1.82, 2.24) is 0 Å². The number of benzene rings is 2. The standard InChI is InChI=1S/C32H32O5S2/c1-17-19(3)23(7)31-28(21(17)5)25(9)26(38(31,34)35)15-13-11-10-12-14-16-27-30(33)29-22(6)18(2)20(4)24(8)32(29)39(27,36)37/h10,12,14-16H,1-9H3. The van der Waals surface area contributed by atoms with Crippen LogP contribution in [0.25, 0.3) is 5.57 Å². The lowest BCUT2D eigenvalue weighted by Gasteiger charge is -2.15. The molecule has 0 radical (unpaired) electrons. The van der Waals surface area contributed by atoms with Gasteiger partial charge in [-0.15, -0.1) is 0 Å². The Morgan fingerprint density at radius 1 is 0.564 bits per heavy atom. The van der Waals surface area contributed by atoms with Crippen LogP contribution < -0.4 is 0 Å². The third-order valence-corrected chi connectivity index (χ3v) is 12.4. The molecule has 2 aliphatic heterocycles. The van der Waals surface area contributed by atoms with Crippen molar-refractivity contribution in [2.45, 2.75) is 72.1 Å². The summed E-state index contributed by atoms with van der Waals surface area (Å²) in [5.74, 6) is -0.498. The molecule has 7 heteroatoms. The summed E-state index contributed by atoms with van der Waals surface area (Å²) in [5.41, 5.74) is 14.1. The number of ketones is 1. The molecule has 0 saturated heterocycles. The number of sulfone groups is 2. The molecule has 39 heavy (non-hydrogen) atoms. The number of hydrogen-bond acceptors (Lipinski definition) is 5. The van der Waals surface area contributed by atoms with E-state index in [1.54, 1.807) is 20.8 Å². The Bertz CT molecular complexity index is 1930. The van der Waals surface area contributed by atoms with Crippen molar-refractivity contribution in [3.8, 4) is 0 Å². The number of fused-ring (bicyclic) bond motifs is 2. The molecule has 2 aliphatic rings. The molecule has 0 atom stereocenters. The molecule has 0 bridgehead atoms. The summed E-state index contributed by atoms with van der Waals surface area (Å²) >= 11 is 0. The number of carbonyl (C=O) groups excluding carboxylic acids is 1. The fraction of sp³-hybridized carbons (Fsp3) is 0.281. The van der Waals surface area contributed by atoms with E-state index in [1.807, 2.05) is 41.5 Å². The van der Waals surface area contributed by atoms with E-state index in [0.717, 1.165) is 38.9 Å². The number of carbonyl (C=O) groups is 1. The van der Waals surface area contributed by atoms with E-state index in [1.165, 1.54) is 30.4 Å². The van der Waals surface area contributed by atoms with Gasteiger partial charge < -0.3 is 0 Å². The molecule has 0 fully saturated rings. The summed E-state index contributed by atoms with van der Waals surface area (Å²) in [6.45, 7) is 16.8. The van der Waals surface area contributed by atoms with Crippen LogP contribution in [-0.4, -0.2) is 22.6 Å². The molecule has 0 aliphatic carbocycles. The highest BCUT2D eigenvalue weighted by atomic mass is 32.2. The first-order valence-electron chi connectivity index (χ1n) is 12.6. The van der Waals surface area contributed by atoms with Gasteiger partial charge in [0.15, 0.2) is 0 Å². The van der Waals surface area contributed by atoms with Gasteiger partial charge >= 0.3 is 0 Å². The van der Waals surface area contributed by atoms with Crippen molar-refractivity contribution < 1.29 is 21.6 Å². The molecule has 0 amide bonds. The maximum absolute atomic E-state index is 13.3. The number of Topliss-reactive ketones (excluding diaryl/α,β-unsaturated/α-hetero) is 1. The largest absolute Gasteiger partial charge is 0.288 e. The lowest BCUT2D eigenvalue weighted by molar-refractivity contribution is 0.104. The van der Waals surface area contributed by atoms with Crippen molar-refractivity contribution in [2.24, 2.45) is 0 Å². The van der Waals surface area contributed by atoms with Crippen LogP contribution in [0.15, 0.2) is 61.4 Å². The molecular weight excluding hydrogens is 528 g/mol. The molecule has 202 valence electrons. The first kappa shape index (κ1) is 28.5. The van der Waals surface area contributed by atoms with E-state index in [-0.39, 0.29) is 20.3 Å². The van der Waals surface area contributed by atoms with Gasteiger partial charge in [-0.3, -0.25) is 4.79 Å². The SMILES string of the molecule is CC1=C(C=C=C=CC=CC=C2C(=O)c3c(C)c(C)c(C)c(C)c3S2(=O)=O)S(=O)(=O)c2c(C)c(C)c(C)c(C)c21. The second-order valence-corrected chi connectivity index (χ2v) is 14.0. The summed E-state index contributed by atoms with van der Waals surface area (Å²) in [7, 11) is -7.60. The molecular formula is C32H32O5S2. The molecule has 0 N–H and O–H groups in total. The zero-order chi connectivity index (χ0) is 29.2. The quantitative estimate of drug-likeness (QED) is 0.238. The molecule has 0 spiro atoms. The van der Waals surface area contributed by atoms with Crippen LogP contribution in [0.4, 0.5) is 0 Å². The summed E-state index contributed by atoms with van der Waals surface area (Å²) in [4.78, 5) is 13.4. The highest BCUT2D eigenvalue weighted by molar-refractivity contribution is 7.97. The maximum atomic E-state index is 13.3. The van der Waals surface area contributed by atoms with Crippen LogP contribution in [0, 0.1) is 55.4 Å². The summed E-state index contributed by atoms with van der Waals surface area (Å²) in [6.07, 6.45) is 7.17. The number of allylic oxidation sites excluding steroid dienone is 7. The minimum Gasteiger partial charge on any atom is -0.288 e. The van der Waals surface area contributed by atoms with Gasteiger partial charge in [0.2, 0.25) is 25.5 Å². The van der Waals surface area contributed by atoms with E-state index in [2.05, 4.69) is 11.5 Å². The lowest BCUT2D eigenvalue weighted by Crippen LogP contribution is -2.05. The van der Waals surface area contributed by atoms with Gasteiger partial charge in [0.1, 0.15) is 4.91 Å². The Labute approximate surface area is 231 Å². The van der Waals surface area contributed by atoms with Crippen molar-refractivity contribution >= 4 is 31.0 Å². The van der Waals surface area contributed by atoms with Crippen LogP contribution in [-0.2, 0) is 19.7 Å². The third-order valence-electron chi connectivity index (χ3n) is 8.40. The van der Waals surface area contributed by atoms with Gasteiger partial charge in [-0.2, -0.15) is 0 Å². The highest BCUT2D eigenvalue weighted by Crippen LogP contribution is 2.45. The number of hydrogen-bond donors (Lipinski definition) is 0. The second kappa shape index (κ2) is 9.62. The molecule has 0 saturated carbocycles.